The molecule has 1 aromatic carbocycles. The molecule has 2 atom stereocenters. The van der Waals surface area contributed by atoms with Gasteiger partial charge in [0, 0.05) is 21.0 Å². The Labute approximate surface area is 133 Å². The smallest absolute Gasteiger partial charge is 0.147 e. The van der Waals surface area contributed by atoms with Gasteiger partial charge < -0.3 is 10.4 Å². The minimum atomic E-state index is -0.675. The number of hydrogen-bond donors (Lipinski definition) is 2. The van der Waals surface area contributed by atoms with Crippen molar-refractivity contribution >= 4 is 33.7 Å². The van der Waals surface area contributed by atoms with E-state index in [0.717, 1.165) is 21.8 Å². The SMILES string of the molecule is Cc1sc2c(c1C)C(c1ccc(Cl)cc1)=N[C@@H](C)C(O)N2. The summed E-state index contributed by atoms with van der Waals surface area (Å²) < 4.78 is 0. The maximum Gasteiger partial charge on any atom is 0.147 e. The van der Waals surface area contributed by atoms with Crippen LogP contribution in [0.5, 0.6) is 0 Å². The lowest BCUT2D eigenvalue weighted by molar-refractivity contribution is 0.181. The highest BCUT2D eigenvalue weighted by molar-refractivity contribution is 7.16. The van der Waals surface area contributed by atoms with E-state index in [1.54, 1.807) is 11.3 Å². The van der Waals surface area contributed by atoms with Crippen molar-refractivity contribution in [2.45, 2.75) is 33.0 Å². The molecule has 110 valence electrons. The summed E-state index contributed by atoms with van der Waals surface area (Å²) in [4.78, 5) is 5.97. The number of aliphatic hydroxyl groups excluding tert-OH is 1. The molecular weight excluding hydrogens is 304 g/mol. The fourth-order valence-electron chi connectivity index (χ4n) is 2.43. The Morgan fingerprint density at radius 2 is 1.90 bits per heavy atom. The molecule has 1 aliphatic rings. The summed E-state index contributed by atoms with van der Waals surface area (Å²) in [6.45, 7) is 6.10. The van der Waals surface area contributed by atoms with Crippen molar-refractivity contribution in [1.82, 2.24) is 0 Å². The van der Waals surface area contributed by atoms with Gasteiger partial charge in [-0.3, -0.25) is 4.99 Å². The zero-order valence-electron chi connectivity index (χ0n) is 12.1. The Kier molecular flexibility index (Phi) is 3.78. The van der Waals surface area contributed by atoms with Gasteiger partial charge in [-0.1, -0.05) is 23.7 Å². The number of rotatable bonds is 1. The van der Waals surface area contributed by atoms with Crippen LogP contribution in [0.25, 0.3) is 0 Å². The highest BCUT2D eigenvalue weighted by Gasteiger charge is 2.26. The van der Waals surface area contributed by atoms with Crippen LogP contribution in [0.4, 0.5) is 5.00 Å². The fraction of sp³-hybridized carbons (Fsp3) is 0.312. The van der Waals surface area contributed by atoms with Gasteiger partial charge in [-0.15, -0.1) is 11.3 Å². The highest BCUT2D eigenvalue weighted by atomic mass is 35.5. The zero-order chi connectivity index (χ0) is 15.1. The molecule has 2 heterocycles. The van der Waals surface area contributed by atoms with Crippen LogP contribution in [0.2, 0.25) is 5.02 Å². The maximum absolute atomic E-state index is 10.2. The van der Waals surface area contributed by atoms with Crippen molar-refractivity contribution < 1.29 is 5.11 Å². The summed E-state index contributed by atoms with van der Waals surface area (Å²) >= 11 is 7.64. The molecule has 0 aliphatic carbocycles. The van der Waals surface area contributed by atoms with Crippen molar-refractivity contribution in [1.29, 1.82) is 0 Å². The summed E-state index contributed by atoms with van der Waals surface area (Å²) in [5.74, 6) is 0. The Morgan fingerprint density at radius 3 is 2.57 bits per heavy atom. The third kappa shape index (κ3) is 2.59. The molecule has 0 saturated heterocycles. The normalized spacial score (nSPS) is 21.3. The minimum Gasteiger partial charge on any atom is -0.372 e. The lowest BCUT2D eigenvalue weighted by Crippen LogP contribution is -2.28. The van der Waals surface area contributed by atoms with Crippen LogP contribution in [0.1, 0.15) is 28.5 Å². The first-order valence-corrected chi connectivity index (χ1v) is 8.05. The monoisotopic (exact) mass is 320 g/mol. The average Bonchev–Trinajstić information content (AvgIpc) is 2.64. The molecule has 1 aliphatic heterocycles. The third-order valence-corrected chi connectivity index (χ3v) is 5.20. The summed E-state index contributed by atoms with van der Waals surface area (Å²) in [5.41, 5.74) is 4.23. The quantitative estimate of drug-likeness (QED) is 0.834. The van der Waals surface area contributed by atoms with Gasteiger partial charge in [0.25, 0.3) is 0 Å². The second kappa shape index (κ2) is 5.44. The van der Waals surface area contributed by atoms with Gasteiger partial charge in [-0.25, -0.2) is 0 Å². The van der Waals surface area contributed by atoms with Crippen LogP contribution in [0, 0.1) is 13.8 Å². The highest BCUT2D eigenvalue weighted by Crippen LogP contribution is 2.37. The summed E-state index contributed by atoms with van der Waals surface area (Å²) in [7, 11) is 0. The van der Waals surface area contributed by atoms with Gasteiger partial charge in [0.2, 0.25) is 0 Å². The molecule has 5 heteroatoms. The van der Waals surface area contributed by atoms with Crippen LogP contribution < -0.4 is 5.32 Å². The van der Waals surface area contributed by atoms with E-state index in [2.05, 4.69) is 19.2 Å². The molecule has 0 fully saturated rings. The van der Waals surface area contributed by atoms with Gasteiger partial charge >= 0.3 is 0 Å². The molecule has 0 amide bonds. The molecule has 2 N–H and O–H groups in total. The molecule has 3 rings (SSSR count). The van der Waals surface area contributed by atoms with E-state index in [1.165, 1.54) is 10.4 Å². The van der Waals surface area contributed by atoms with Gasteiger partial charge in [0.05, 0.1) is 11.8 Å². The number of aliphatic imine (C=N–C) groups is 1. The van der Waals surface area contributed by atoms with E-state index in [1.807, 2.05) is 31.2 Å². The zero-order valence-corrected chi connectivity index (χ0v) is 13.7. The van der Waals surface area contributed by atoms with Gasteiger partial charge in [-0.2, -0.15) is 0 Å². The molecule has 0 radical (unpaired) electrons. The number of nitrogens with zero attached hydrogens (tertiary/aromatic N) is 1. The number of halogens is 1. The lowest BCUT2D eigenvalue weighted by atomic mass is 10.00. The van der Waals surface area contributed by atoms with Crippen LogP contribution in [0.15, 0.2) is 29.3 Å². The van der Waals surface area contributed by atoms with E-state index in [0.29, 0.717) is 5.02 Å². The first-order valence-electron chi connectivity index (χ1n) is 6.86. The molecular formula is C16H17ClN2OS. The average molecular weight is 321 g/mol. The topological polar surface area (TPSA) is 44.6 Å². The van der Waals surface area contributed by atoms with E-state index in [4.69, 9.17) is 16.6 Å². The second-order valence-electron chi connectivity index (χ2n) is 5.30. The second-order valence-corrected chi connectivity index (χ2v) is 6.96. The summed E-state index contributed by atoms with van der Waals surface area (Å²) in [6.07, 6.45) is -0.675. The van der Waals surface area contributed by atoms with E-state index in [9.17, 15) is 5.11 Å². The van der Waals surface area contributed by atoms with Gasteiger partial charge in [0.15, 0.2) is 0 Å². The number of benzene rings is 1. The van der Waals surface area contributed by atoms with Crippen molar-refractivity contribution in [2.75, 3.05) is 5.32 Å². The molecule has 0 saturated carbocycles. The van der Waals surface area contributed by atoms with Crippen LogP contribution in [-0.2, 0) is 0 Å². The van der Waals surface area contributed by atoms with Crippen LogP contribution >= 0.6 is 22.9 Å². The molecule has 1 unspecified atom stereocenters. The third-order valence-electron chi connectivity index (χ3n) is 3.81. The van der Waals surface area contributed by atoms with E-state index >= 15 is 0 Å². The first kappa shape index (κ1) is 14.6. The number of aliphatic hydroxyl groups is 1. The molecule has 0 bridgehead atoms. The predicted octanol–water partition coefficient (Wildman–Crippen LogP) is 3.99. The Morgan fingerprint density at radius 1 is 1.24 bits per heavy atom. The van der Waals surface area contributed by atoms with Crippen molar-refractivity contribution in [3.63, 3.8) is 0 Å². The van der Waals surface area contributed by atoms with Crippen LogP contribution in [-0.4, -0.2) is 23.1 Å². The Bertz CT molecular complexity index is 706. The lowest BCUT2D eigenvalue weighted by Gasteiger charge is -2.14. The summed E-state index contributed by atoms with van der Waals surface area (Å²) in [5, 5.41) is 15.0. The standard InChI is InChI=1S/C16H17ClN2OS/c1-8-10(3)21-16-13(8)14(18-9(2)15(20)19-16)11-4-6-12(17)7-5-11/h4-7,9,15,19-20H,1-3H3/t9-,15?/m0/s1. The van der Waals surface area contributed by atoms with Crippen molar-refractivity contribution in [3.8, 4) is 0 Å². The Hall–Kier alpha value is -1.36. The Balaban J connectivity index is 2.21. The van der Waals surface area contributed by atoms with E-state index < -0.39 is 6.23 Å². The molecule has 1 aromatic heterocycles. The number of aryl methyl sites for hydroxylation is 1. The van der Waals surface area contributed by atoms with Crippen LogP contribution in [0.3, 0.4) is 0 Å². The first-order chi connectivity index (χ1) is 9.97. The molecule has 21 heavy (non-hydrogen) atoms. The fourth-order valence-corrected chi connectivity index (χ4v) is 3.65. The van der Waals surface area contributed by atoms with Crippen molar-refractivity contribution in [2.24, 2.45) is 4.99 Å². The molecule has 3 nitrogen and oxygen atoms in total. The van der Waals surface area contributed by atoms with E-state index in [-0.39, 0.29) is 6.04 Å². The minimum absolute atomic E-state index is 0.213. The molecule has 2 aromatic rings. The number of hydrogen-bond acceptors (Lipinski definition) is 4. The molecule has 0 spiro atoms. The van der Waals surface area contributed by atoms with Gasteiger partial charge in [0.1, 0.15) is 11.2 Å². The number of anilines is 1. The predicted molar refractivity (Wildman–Crippen MR) is 90.0 cm³/mol. The van der Waals surface area contributed by atoms with Gasteiger partial charge in [-0.05, 0) is 38.5 Å². The maximum atomic E-state index is 10.2. The largest absolute Gasteiger partial charge is 0.372 e. The summed E-state index contributed by atoms with van der Waals surface area (Å²) in [6, 6.07) is 7.47. The van der Waals surface area contributed by atoms with Crippen molar-refractivity contribution in [3.05, 3.63) is 50.9 Å². The number of thiophene rings is 1. The number of fused-ring (bicyclic) bond motifs is 1. The number of nitrogens with one attached hydrogen (secondary N) is 1.